The maximum Gasteiger partial charge on any atom is 0.318 e. The van der Waals surface area contributed by atoms with Crippen LogP contribution in [0.15, 0.2) is 24.3 Å². The van der Waals surface area contributed by atoms with Crippen LogP contribution in [0.25, 0.3) is 0 Å². The number of carbonyl (C=O) groups excluding carboxylic acids is 5. The molecule has 0 spiro atoms. The van der Waals surface area contributed by atoms with Gasteiger partial charge in [-0.05, 0) is 86.4 Å². The number of esters is 5. The second kappa shape index (κ2) is 12.2. The summed E-state index contributed by atoms with van der Waals surface area (Å²) in [4.78, 5) is 54.5. The zero-order valence-electron chi connectivity index (χ0n) is 23.6. The normalized spacial score (nSPS) is 42.4. The molecule has 2 N–H and O–H groups in total. The molecule has 0 aromatic rings. The van der Waals surface area contributed by atoms with Crippen molar-refractivity contribution >= 4 is 29.8 Å². The second-order valence-electron chi connectivity index (χ2n) is 12.4. The molecule has 0 aromatic carbocycles. The maximum atomic E-state index is 11.2. The third kappa shape index (κ3) is 5.52. The summed E-state index contributed by atoms with van der Waals surface area (Å²) in [6, 6.07) is 0. The van der Waals surface area contributed by atoms with Crippen LogP contribution in [-0.4, -0.2) is 59.9 Å². The lowest BCUT2D eigenvalue weighted by Crippen LogP contribution is -2.27. The van der Waals surface area contributed by atoms with Crippen LogP contribution in [0.4, 0.5) is 0 Å². The highest BCUT2D eigenvalue weighted by Gasteiger charge is 2.59. The van der Waals surface area contributed by atoms with Gasteiger partial charge in [-0.2, -0.15) is 0 Å². The van der Waals surface area contributed by atoms with Gasteiger partial charge in [0.05, 0.1) is 30.3 Å². The van der Waals surface area contributed by atoms with Crippen molar-refractivity contribution in [2.75, 3.05) is 19.8 Å². The van der Waals surface area contributed by atoms with E-state index in [0.29, 0.717) is 18.4 Å². The van der Waals surface area contributed by atoms with E-state index in [2.05, 4.69) is 14.2 Å². The van der Waals surface area contributed by atoms with E-state index in [1.807, 2.05) is 24.3 Å². The van der Waals surface area contributed by atoms with Crippen LogP contribution in [-0.2, 0) is 38.2 Å². The number of ether oxygens (including phenoxy) is 3. The third-order valence-corrected chi connectivity index (χ3v) is 10.5. The Labute approximate surface area is 239 Å². The average molecular weight is 573 g/mol. The van der Waals surface area contributed by atoms with Gasteiger partial charge in [0.2, 0.25) is 0 Å². The van der Waals surface area contributed by atoms with Crippen molar-refractivity contribution in [3.63, 3.8) is 0 Å². The number of aliphatic hydroxyl groups is 2. The zero-order chi connectivity index (χ0) is 29.4. The van der Waals surface area contributed by atoms with Gasteiger partial charge >= 0.3 is 29.8 Å². The molecular weight excluding hydrogens is 532 g/mol. The summed E-state index contributed by atoms with van der Waals surface area (Å²) in [5.74, 6) is 1.38. The van der Waals surface area contributed by atoms with E-state index in [1.54, 1.807) is 6.92 Å². The van der Waals surface area contributed by atoms with Crippen LogP contribution in [0.2, 0.25) is 0 Å². The number of cyclic esters (lactones) is 4. The molecule has 0 aromatic heterocycles. The van der Waals surface area contributed by atoms with E-state index in [-0.39, 0.29) is 90.4 Å². The molecule has 2 aliphatic heterocycles. The minimum absolute atomic E-state index is 0.146. The highest BCUT2D eigenvalue weighted by molar-refractivity contribution is 5.98. The Morgan fingerprint density at radius 3 is 1.29 bits per heavy atom. The highest BCUT2D eigenvalue weighted by Crippen LogP contribution is 2.53. The monoisotopic (exact) mass is 572 g/mol. The molecule has 2 heterocycles. The lowest BCUT2D eigenvalue weighted by Gasteiger charge is -2.27. The van der Waals surface area contributed by atoms with Crippen molar-refractivity contribution in [1.82, 2.24) is 0 Å². The molecule has 2 saturated heterocycles. The summed E-state index contributed by atoms with van der Waals surface area (Å²) in [5, 5.41) is 18.2. The molecule has 0 amide bonds. The van der Waals surface area contributed by atoms with Gasteiger partial charge in [0.1, 0.15) is 0 Å². The fourth-order valence-electron chi connectivity index (χ4n) is 8.70. The number of rotatable bonds is 3. The quantitative estimate of drug-likeness (QED) is 0.223. The molecule has 0 radical (unpaired) electrons. The maximum absolute atomic E-state index is 11.2. The Kier molecular flexibility index (Phi) is 8.80. The molecule has 6 fully saturated rings. The van der Waals surface area contributed by atoms with Crippen LogP contribution in [0, 0.1) is 71.0 Å². The summed E-state index contributed by atoms with van der Waals surface area (Å²) < 4.78 is 13.6. The Bertz CT molecular complexity index is 992. The topological polar surface area (TPSA) is 154 Å². The molecule has 6 bridgehead atoms. The summed E-state index contributed by atoms with van der Waals surface area (Å²) in [7, 11) is 0. The Hall–Kier alpha value is -2.85. The second-order valence-corrected chi connectivity index (χ2v) is 12.4. The molecule has 8 rings (SSSR count). The van der Waals surface area contributed by atoms with Gasteiger partial charge in [-0.3, -0.25) is 24.0 Å². The molecule has 0 unspecified atom stereocenters. The fourth-order valence-corrected chi connectivity index (χ4v) is 8.70. The molecule has 10 heteroatoms. The number of aliphatic hydroxyl groups excluding tert-OH is 2. The molecular formula is C31H40O10. The molecule has 8 aliphatic rings. The summed E-state index contributed by atoms with van der Waals surface area (Å²) in [5.41, 5.74) is 0. The first kappa shape index (κ1) is 29.6. The fraction of sp³-hybridized carbons (Fsp3) is 0.710. The van der Waals surface area contributed by atoms with Crippen molar-refractivity contribution in [2.45, 2.75) is 46.0 Å². The van der Waals surface area contributed by atoms with Crippen molar-refractivity contribution in [2.24, 2.45) is 71.0 Å². The zero-order valence-corrected chi connectivity index (χ0v) is 23.6. The molecule has 12 atom stereocenters. The van der Waals surface area contributed by atoms with Gasteiger partial charge in [-0.1, -0.05) is 24.3 Å². The summed E-state index contributed by atoms with van der Waals surface area (Å²) >= 11 is 0. The van der Waals surface area contributed by atoms with Crippen molar-refractivity contribution in [3.05, 3.63) is 24.3 Å². The lowest BCUT2D eigenvalue weighted by atomic mass is 9.80. The number of hydrogen-bond donors (Lipinski definition) is 2. The van der Waals surface area contributed by atoms with E-state index in [4.69, 9.17) is 10.2 Å². The van der Waals surface area contributed by atoms with Crippen LogP contribution < -0.4 is 0 Å². The smallest absolute Gasteiger partial charge is 0.318 e. The largest absolute Gasteiger partial charge is 0.466 e. The van der Waals surface area contributed by atoms with Gasteiger partial charge in [-0.15, -0.1) is 0 Å². The molecule has 4 saturated carbocycles. The lowest BCUT2D eigenvalue weighted by molar-refractivity contribution is -0.156. The van der Waals surface area contributed by atoms with E-state index < -0.39 is 0 Å². The van der Waals surface area contributed by atoms with Crippen LogP contribution in [0.3, 0.4) is 0 Å². The first-order chi connectivity index (χ1) is 19.7. The van der Waals surface area contributed by atoms with Gasteiger partial charge < -0.3 is 24.4 Å². The highest BCUT2D eigenvalue weighted by atomic mass is 16.6. The number of allylic oxidation sites excluding steroid dienone is 4. The van der Waals surface area contributed by atoms with E-state index in [0.717, 1.165) is 24.7 Å². The number of carbonyl (C=O) groups is 5. The first-order valence-corrected chi connectivity index (χ1v) is 14.9. The van der Waals surface area contributed by atoms with E-state index >= 15 is 0 Å². The third-order valence-electron chi connectivity index (χ3n) is 10.5. The summed E-state index contributed by atoms with van der Waals surface area (Å²) in [6.07, 6.45) is 14.0. The first-order valence-electron chi connectivity index (χ1n) is 14.9. The van der Waals surface area contributed by atoms with Crippen LogP contribution in [0.5, 0.6) is 0 Å². The predicted molar refractivity (Wildman–Crippen MR) is 142 cm³/mol. The van der Waals surface area contributed by atoms with Crippen molar-refractivity contribution < 1.29 is 48.4 Å². The van der Waals surface area contributed by atoms with Crippen molar-refractivity contribution in [3.8, 4) is 0 Å². The molecule has 41 heavy (non-hydrogen) atoms. The molecule has 224 valence electrons. The SMILES string of the molecule is CCOC(C)=O.O=C1OC(=O)[C@H]2[C@@H]1[C@@H]1C=C[C@H]2C1.O=C1OC(=O)[C@H]2[C@@H]1[C@@H]1C=C[C@H]2C1.OC[C@@H]1[C@H]2CC[C@H](C2)[C@@H]1CO. The number of fused-ring (bicyclic) bond motifs is 12. The Balaban J connectivity index is 0.000000113. The van der Waals surface area contributed by atoms with Gasteiger partial charge in [0, 0.05) is 20.1 Å². The summed E-state index contributed by atoms with van der Waals surface area (Å²) in [6.45, 7) is 4.22. The van der Waals surface area contributed by atoms with Crippen molar-refractivity contribution in [1.29, 1.82) is 0 Å². The predicted octanol–water partition coefficient (Wildman–Crippen LogP) is 2.22. The minimum atomic E-state index is -0.304. The average Bonchev–Trinajstić information content (AvgIpc) is 3.79. The standard InChI is InChI=1S/2C9H8O3.C9H16O2.C4H8O2/c2*10-8-6-4-1-2-5(3-4)7(6)9(11)12-8;10-4-8-6-1-2-7(3-6)9(8)5-11;1-3-6-4(2)5/h2*1-2,4-7H,3H2;6-11H,1-5H2;3H2,1-2H3/t2*4-,5+,6+,7-;6-,7+,8+,9-;. The molecule has 6 aliphatic carbocycles. The van der Waals surface area contributed by atoms with Crippen LogP contribution >= 0.6 is 0 Å². The minimum Gasteiger partial charge on any atom is -0.466 e. The molecule has 10 nitrogen and oxygen atoms in total. The van der Waals surface area contributed by atoms with E-state index in [9.17, 15) is 24.0 Å². The number of hydrogen-bond acceptors (Lipinski definition) is 10. The van der Waals surface area contributed by atoms with Crippen LogP contribution in [0.1, 0.15) is 46.0 Å². The Morgan fingerprint density at radius 2 is 1.05 bits per heavy atom. The Morgan fingerprint density at radius 1 is 0.707 bits per heavy atom. The van der Waals surface area contributed by atoms with Gasteiger partial charge in [-0.25, -0.2) is 0 Å². The van der Waals surface area contributed by atoms with Gasteiger partial charge in [0.15, 0.2) is 0 Å². The van der Waals surface area contributed by atoms with E-state index in [1.165, 1.54) is 26.2 Å². The van der Waals surface area contributed by atoms with Gasteiger partial charge in [0.25, 0.3) is 0 Å².